The fourth-order valence-corrected chi connectivity index (χ4v) is 2.92. The van der Waals surface area contributed by atoms with E-state index >= 15 is 0 Å². The first-order valence-electron chi connectivity index (χ1n) is 8.54. The van der Waals surface area contributed by atoms with Gasteiger partial charge in [-0.15, -0.1) is 0 Å². The van der Waals surface area contributed by atoms with Gasteiger partial charge in [0.25, 0.3) is 0 Å². The van der Waals surface area contributed by atoms with Crippen molar-refractivity contribution in [2.75, 3.05) is 31.6 Å². The van der Waals surface area contributed by atoms with Crippen molar-refractivity contribution in [2.45, 2.75) is 52.2 Å². The highest BCUT2D eigenvalue weighted by molar-refractivity contribution is 5.77. The molecule has 1 aliphatic heterocycles. The maximum atomic E-state index is 12.0. The first-order valence-corrected chi connectivity index (χ1v) is 8.54. The van der Waals surface area contributed by atoms with E-state index in [1.807, 2.05) is 13.0 Å². The summed E-state index contributed by atoms with van der Waals surface area (Å²) < 4.78 is 28.2. The monoisotopic (exact) mass is 356 g/mol. The van der Waals surface area contributed by atoms with Gasteiger partial charge in [-0.3, -0.25) is 4.79 Å². The van der Waals surface area contributed by atoms with Crippen LogP contribution in [0.25, 0.3) is 0 Å². The van der Waals surface area contributed by atoms with Crippen LogP contribution in [0.15, 0.2) is 6.07 Å². The second-order valence-electron chi connectivity index (χ2n) is 6.67. The average Bonchev–Trinajstić information content (AvgIpc) is 2.58. The molecule has 0 saturated carbocycles. The van der Waals surface area contributed by atoms with Crippen molar-refractivity contribution in [3.05, 3.63) is 17.6 Å². The summed E-state index contributed by atoms with van der Waals surface area (Å²) >= 11 is 0. The smallest absolute Gasteiger partial charge is 0.345 e. The molecule has 0 radical (unpaired) electrons. The second kappa shape index (κ2) is 8.51. The number of anilines is 1. The number of nitrogens with zero attached hydrogens (tertiary/aromatic N) is 4. The number of halogens is 2. The minimum atomic E-state index is -2.92. The van der Waals surface area contributed by atoms with Gasteiger partial charge in [0, 0.05) is 43.9 Å². The van der Waals surface area contributed by atoms with Crippen molar-refractivity contribution in [1.29, 1.82) is 0 Å². The standard InChI is InChI=1S/C17H26F2N4O2/c1-11(2)16-20-12(3)9-14(21-16)23-7-5-13(6-8-23)22(4)15(24)10-25-17(18)19/h9,11,13,17H,5-8,10H2,1-4H3. The zero-order valence-electron chi connectivity index (χ0n) is 15.2. The number of carbonyl (C=O) groups excluding carboxylic acids is 1. The lowest BCUT2D eigenvalue weighted by Gasteiger charge is -2.37. The van der Waals surface area contributed by atoms with Crippen LogP contribution in [-0.2, 0) is 9.53 Å². The number of hydrogen-bond acceptors (Lipinski definition) is 5. The first kappa shape index (κ1) is 19.5. The van der Waals surface area contributed by atoms with Gasteiger partial charge in [-0.2, -0.15) is 8.78 Å². The first-order chi connectivity index (χ1) is 11.8. The third-order valence-corrected chi connectivity index (χ3v) is 4.44. The molecule has 0 aromatic carbocycles. The Morgan fingerprint density at radius 3 is 2.56 bits per heavy atom. The molecular weight excluding hydrogens is 330 g/mol. The summed E-state index contributed by atoms with van der Waals surface area (Å²) in [5, 5.41) is 0. The topological polar surface area (TPSA) is 58.6 Å². The van der Waals surface area contributed by atoms with Crippen LogP contribution in [0, 0.1) is 6.92 Å². The number of piperidine rings is 1. The van der Waals surface area contributed by atoms with Gasteiger partial charge in [0.05, 0.1) is 0 Å². The molecule has 0 aliphatic carbocycles. The molecule has 0 unspecified atom stereocenters. The van der Waals surface area contributed by atoms with Crippen molar-refractivity contribution in [3.63, 3.8) is 0 Å². The van der Waals surface area contributed by atoms with Crippen LogP contribution < -0.4 is 4.90 Å². The summed E-state index contributed by atoms with van der Waals surface area (Å²) in [7, 11) is 1.64. The number of carbonyl (C=O) groups is 1. The molecule has 2 rings (SSSR count). The van der Waals surface area contributed by atoms with Gasteiger partial charge in [-0.1, -0.05) is 13.8 Å². The Morgan fingerprint density at radius 2 is 2.00 bits per heavy atom. The fourth-order valence-electron chi connectivity index (χ4n) is 2.92. The minimum absolute atomic E-state index is 0.0255. The van der Waals surface area contributed by atoms with E-state index in [-0.39, 0.29) is 12.0 Å². The van der Waals surface area contributed by atoms with E-state index in [1.165, 1.54) is 4.90 Å². The summed E-state index contributed by atoms with van der Waals surface area (Å²) in [6, 6.07) is 2.00. The van der Waals surface area contributed by atoms with Crippen molar-refractivity contribution < 1.29 is 18.3 Å². The lowest BCUT2D eigenvalue weighted by Crippen LogP contribution is -2.47. The van der Waals surface area contributed by atoms with Crippen LogP contribution in [0.3, 0.4) is 0 Å². The number of amides is 1. The van der Waals surface area contributed by atoms with Gasteiger partial charge in [0.2, 0.25) is 5.91 Å². The van der Waals surface area contributed by atoms with Gasteiger partial charge < -0.3 is 14.5 Å². The van der Waals surface area contributed by atoms with Crippen LogP contribution in [0.4, 0.5) is 14.6 Å². The largest absolute Gasteiger partial charge is 0.356 e. The lowest BCUT2D eigenvalue weighted by atomic mass is 10.0. The van der Waals surface area contributed by atoms with E-state index in [2.05, 4.69) is 33.5 Å². The van der Waals surface area contributed by atoms with Crippen LogP contribution in [0.1, 0.15) is 44.1 Å². The Hall–Kier alpha value is -1.83. The van der Waals surface area contributed by atoms with Gasteiger partial charge in [0.1, 0.15) is 18.2 Å². The van der Waals surface area contributed by atoms with Crippen LogP contribution in [0.5, 0.6) is 0 Å². The predicted octanol–water partition coefficient (Wildman–Crippen LogP) is 2.57. The molecule has 25 heavy (non-hydrogen) atoms. The molecule has 140 valence electrons. The van der Waals surface area contributed by atoms with E-state index < -0.39 is 19.1 Å². The van der Waals surface area contributed by atoms with E-state index in [0.717, 1.165) is 43.3 Å². The predicted molar refractivity (Wildman–Crippen MR) is 90.8 cm³/mol. The molecular formula is C17H26F2N4O2. The number of ether oxygens (including phenoxy) is 1. The molecule has 8 heteroatoms. The Kier molecular flexibility index (Phi) is 6.64. The van der Waals surface area contributed by atoms with Crippen LogP contribution in [-0.4, -0.2) is 60.2 Å². The van der Waals surface area contributed by atoms with Gasteiger partial charge in [0.15, 0.2) is 0 Å². The normalized spacial score (nSPS) is 15.9. The number of rotatable bonds is 6. The zero-order chi connectivity index (χ0) is 18.6. The Morgan fingerprint density at radius 1 is 1.36 bits per heavy atom. The van der Waals surface area contributed by atoms with Gasteiger partial charge in [-0.05, 0) is 19.8 Å². The van der Waals surface area contributed by atoms with Crippen LogP contribution >= 0.6 is 0 Å². The highest BCUT2D eigenvalue weighted by Gasteiger charge is 2.26. The third kappa shape index (κ3) is 5.32. The van der Waals surface area contributed by atoms with E-state index in [4.69, 9.17) is 0 Å². The molecule has 0 N–H and O–H groups in total. The van der Waals surface area contributed by atoms with E-state index in [9.17, 15) is 13.6 Å². The van der Waals surface area contributed by atoms with Crippen molar-refractivity contribution in [1.82, 2.24) is 14.9 Å². The summed E-state index contributed by atoms with van der Waals surface area (Å²) in [5.74, 6) is 1.58. The number of likely N-dealkylation sites (N-methyl/N-ethyl adjacent to an activating group) is 1. The molecule has 0 spiro atoms. The molecule has 1 amide bonds. The maximum Gasteiger partial charge on any atom is 0.345 e. The van der Waals surface area contributed by atoms with Crippen molar-refractivity contribution >= 4 is 11.7 Å². The van der Waals surface area contributed by atoms with Gasteiger partial charge in [-0.25, -0.2) is 9.97 Å². The van der Waals surface area contributed by atoms with E-state index in [0.29, 0.717) is 0 Å². The highest BCUT2D eigenvalue weighted by atomic mass is 19.3. The molecule has 6 nitrogen and oxygen atoms in total. The molecule has 1 aliphatic rings. The molecule has 0 bridgehead atoms. The van der Waals surface area contributed by atoms with Gasteiger partial charge >= 0.3 is 6.61 Å². The third-order valence-electron chi connectivity index (χ3n) is 4.44. The Labute approximate surface area is 147 Å². The number of aryl methyl sites for hydroxylation is 1. The lowest BCUT2D eigenvalue weighted by molar-refractivity contribution is -0.160. The molecule has 1 aromatic rings. The SMILES string of the molecule is Cc1cc(N2CCC(N(C)C(=O)COC(F)F)CC2)nc(C(C)C)n1. The molecule has 1 saturated heterocycles. The minimum Gasteiger partial charge on any atom is -0.356 e. The maximum absolute atomic E-state index is 12.0. The highest BCUT2D eigenvalue weighted by Crippen LogP contribution is 2.23. The fraction of sp³-hybridized carbons (Fsp3) is 0.706. The quantitative estimate of drug-likeness (QED) is 0.784. The summed E-state index contributed by atoms with van der Waals surface area (Å²) in [6.45, 7) is 4.09. The second-order valence-corrected chi connectivity index (χ2v) is 6.67. The zero-order valence-corrected chi connectivity index (χ0v) is 15.2. The molecule has 0 atom stereocenters. The molecule has 2 heterocycles. The summed E-state index contributed by atoms with van der Waals surface area (Å²) in [5.41, 5.74) is 0.937. The Balaban J connectivity index is 1.94. The van der Waals surface area contributed by atoms with Crippen molar-refractivity contribution in [2.24, 2.45) is 0 Å². The molecule has 1 aromatic heterocycles. The average molecular weight is 356 g/mol. The Bertz CT molecular complexity index is 590. The summed E-state index contributed by atoms with van der Waals surface area (Å²) in [6.07, 6.45) is 1.52. The van der Waals surface area contributed by atoms with Crippen molar-refractivity contribution in [3.8, 4) is 0 Å². The number of hydrogen-bond donors (Lipinski definition) is 0. The summed E-state index contributed by atoms with van der Waals surface area (Å²) in [4.78, 5) is 24.7. The molecule has 1 fully saturated rings. The van der Waals surface area contributed by atoms with Crippen LogP contribution in [0.2, 0.25) is 0 Å². The number of aromatic nitrogens is 2. The van der Waals surface area contributed by atoms with E-state index in [1.54, 1.807) is 7.05 Å². The number of alkyl halides is 2.